The molecule has 0 aliphatic heterocycles. The molecule has 1 aromatic carbocycles. The van der Waals surface area contributed by atoms with Gasteiger partial charge in [0.25, 0.3) is 0 Å². The summed E-state index contributed by atoms with van der Waals surface area (Å²) in [4.78, 5) is 0. The van der Waals surface area contributed by atoms with E-state index in [2.05, 4.69) is 5.32 Å². The molecule has 1 unspecified atom stereocenters. The fourth-order valence-corrected chi connectivity index (χ4v) is 1.03. The van der Waals surface area contributed by atoms with E-state index in [9.17, 15) is 13.9 Å². The van der Waals surface area contributed by atoms with E-state index in [4.69, 9.17) is 0 Å². The maximum atomic E-state index is 12.7. The van der Waals surface area contributed by atoms with Crippen molar-refractivity contribution < 1.29 is 13.9 Å². The monoisotopic (exact) mass is 187 g/mol. The second-order valence-electron chi connectivity index (χ2n) is 2.75. The van der Waals surface area contributed by atoms with E-state index in [1.165, 1.54) is 6.07 Å². The molecule has 0 amide bonds. The SMILES string of the molecule is CNCC(O)c1ccc(F)c(F)c1. The lowest BCUT2D eigenvalue weighted by Gasteiger charge is -2.09. The summed E-state index contributed by atoms with van der Waals surface area (Å²) in [6.45, 7) is 0.311. The summed E-state index contributed by atoms with van der Waals surface area (Å²) >= 11 is 0. The number of nitrogens with one attached hydrogen (secondary N) is 1. The van der Waals surface area contributed by atoms with E-state index < -0.39 is 17.7 Å². The average Bonchev–Trinajstić information content (AvgIpc) is 2.10. The van der Waals surface area contributed by atoms with Gasteiger partial charge in [-0.1, -0.05) is 6.07 Å². The molecule has 2 nitrogen and oxygen atoms in total. The van der Waals surface area contributed by atoms with Gasteiger partial charge in [0.1, 0.15) is 0 Å². The van der Waals surface area contributed by atoms with Crippen molar-refractivity contribution >= 4 is 0 Å². The van der Waals surface area contributed by atoms with Crippen molar-refractivity contribution in [2.24, 2.45) is 0 Å². The van der Waals surface area contributed by atoms with Gasteiger partial charge < -0.3 is 10.4 Å². The topological polar surface area (TPSA) is 32.3 Å². The molecular formula is C9H11F2NO. The first-order valence-corrected chi connectivity index (χ1v) is 3.92. The highest BCUT2D eigenvalue weighted by Crippen LogP contribution is 2.15. The average molecular weight is 187 g/mol. The minimum atomic E-state index is -0.937. The molecule has 72 valence electrons. The maximum absolute atomic E-state index is 12.7. The Morgan fingerprint density at radius 2 is 2.08 bits per heavy atom. The molecule has 1 aromatic rings. The molecule has 0 saturated heterocycles. The third-order valence-electron chi connectivity index (χ3n) is 1.73. The number of rotatable bonds is 3. The van der Waals surface area contributed by atoms with E-state index in [0.29, 0.717) is 12.1 Å². The molecule has 0 saturated carbocycles. The highest BCUT2D eigenvalue weighted by atomic mass is 19.2. The Morgan fingerprint density at radius 3 is 2.62 bits per heavy atom. The Kier molecular flexibility index (Phi) is 3.33. The molecule has 0 radical (unpaired) electrons. The fraction of sp³-hybridized carbons (Fsp3) is 0.333. The largest absolute Gasteiger partial charge is 0.387 e. The third kappa shape index (κ3) is 2.47. The van der Waals surface area contributed by atoms with E-state index >= 15 is 0 Å². The van der Waals surface area contributed by atoms with Gasteiger partial charge in [0, 0.05) is 6.54 Å². The van der Waals surface area contributed by atoms with Crippen LogP contribution >= 0.6 is 0 Å². The molecule has 0 aliphatic carbocycles. The first-order chi connectivity index (χ1) is 6.15. The van der Waals surface area contributed by atoms with Gasteiger partial charge in [-0.15, -0.1) is 0 Å². The smallest absolute Gasteiger partial charge is 0.159 e. The van der Waals surface area contributed by atoms with Crippen LogP contribution in [0.15, 0.2) is 18.2 Å². The van der Waals surface area contributed by atoms with Gasteiger partial charge in [-0.2, -0.15) is 0 Å². The van der Waals surface area contributed by atoms with E-state index in [1.807, 2.05) is 0 Å². The van der Waals surface area contributed by atoms with Gasteiger partial charge in [-0.3, -0.25) is 0 Å². The van der Waals surface area contributed by atoms with Gasteiger partial charge >= 0.3 is 0 Å². The molecule has 0 bridgehead atoms. The Labute approximate surface area is 75.2 Å². The van der Waals surface area contributed by atoms with E-state index in [-0.39, 0.29) is 0 Å². The fourth-order valence-electron chi connectivity index (χ4n) is 1.03. The minimum absolute atomic E-state index is 0.311. The Morgan fingerprint density at radius 1 is 1.38 bits per heavy atom. The molecular weight excluding hydrogens is 176 g/mol. The second kappa shape index (κ2) is 4.30. The van der Waals surface area contributed by atoms with Crippen LogP contribution in [0.25, 0.3) is 0 Å². The molecule has 0 spiro atoms. The van der Waals surface area contributed by atoms with Crippen molar-refractivity contribution in [3.8, 4) is 0 Å². The number of aliphatic hydroxyl groups excluding tert-OH is 1. The highest BCUT2D eigenvalue weighted by Gasteiger charge is 2.09. The molecule has 1 rings (SSSR count). The summed E-state index contributed by atoms with van der Waals surface area (Å²) in [6, 6.07) is 3.36. The summed E-state index contributed by atoms with van der Waals surface area (Å²) in [6.07, 6.45) is -0.805. The van der Waals surface area contributed by atoms with E-state index in [1.54, 1.807) is 7.05 Å². The van der Waals surface area contributed by atoms with Crippen LogP contribution in [0.3, 0.4) is 0 Å². The van der Waals surface area contributed by atoms with Crippen molar-refractivity contribution in [3.63, 3.8) is 0 Å². The molecule has 0 fully saturated rings. The third-order valence-corrected chi connectivity index (χ3v) is 1.73. The molecule has 13 heavy (non-hydrogen) atoms. The van der Waals surface area contributed by atoms with Crippen molar-refractivity contribution in [1.29, 1.82) is 0 Å². The summed E-state index contributed by atoms with van der Waals surface area (Å²) in [5.74, 6) is -1.84. The van der Waals surface area contributed by atoms with Gasteiger partial charge in [0.15, 0.2) is 11.6 Å². The van der Waals surface area contributed by atoms with Crippen LogP contribution in [0.1, 0.15) is 11.7 Å². The number of halogens is 2. The van der Waals surface area contributed by atoms with Crippen LogP contribution in [-0.2, 0) is 0 Å². The summed E-state index contributed by atoms with van der Waals surface area (Å²) in [7, 11) is 1.67. The van der Waals surface area contributed by atoms with Crippen LogP contribution in [-0.4, -0.2) is 18.7 Å². The molecule has 0 heterocycles. The number of likely N-dealkylation sites (N-methyl/N-ethyl adjacent to an activating group) is 1. The zero-order valence-electron chi connectivity index (χ0n) is 7.22. The lowest BCUT2D eigenvalue weighted by Crippen LogP contribution is -2.16. The summed E-state index contributed by atoms with van der Waals surface area (Å²) < 4.78 is 25.1. The van der Waals surface area contributed by atoms with Crippen molar-refractivity contribution in [1.82, 2.24) is 5.32 Å². The minimum Gasteiger partial charge on any atom is -0.387 e. The molecule has 2 N–H and O–H groups in total. The molecule has 0 aromatic heterocycles. The molecule has 4 heteroatoms. The van der Waals surface area contributed by atoms with Crippen molar-refractivity contribution in [3.05, 3.63) is 35.4 Å². The van der Waals surface area contributed by atoms with Crippen LogP contribution < -0.4 is 5.32 Å². The first-order valence-electron chi connectivity index (χ1n) is 3.92. The quantitative estimate of drug-likeness (QED) is 0.745. The lowest BCUT2D eigenvalue weighted by molar-refractivity contribution is 0.177. The predicted molar refractivity (Wildman–Crippen MR) is 45.2 cm³/mol. The maximum Gasteiger partial charge on any atom is 0.159 e. The summed E-state index contributed by atoms with van der Waals surface area (Å²) in [5, 5.41) is 12.1. The highest BCUT2D eigenvalue weighted by molar-refractivity contribution is 5.20. The zero-order valence-corrected chi connectivity index (χ0v) is 7.22. The number of hydrogen-bond acceptors (Lipinski definition) is 2. The van der Waals surface area contributed by atoms with Crippen LogP contribution in [0, 0.1) is 11.6 Å². The summed E-state index contributed by atoms with van der Waals surface area (Å²) in [5.41, 5.74) is 0.369. The normalized spacial score (nSPS) is 12.9. The Balaban J connectivity index is 2.84. The Hall–Kier alpha value is -1.00. The zero-order chi connectivity index (χ0) is 9.84. The Bertz CT molecular complexity index is 291. The van der Waals surface area contributed by atoms with Crippen LogP contribution in [0.2, 0.25) is 0 Å². The lowest BCUT2D eigenvalue weighted by atomic mass is 10.1. The van der Waals surface area contributed by atoms with Crippen LogP contribution in [0.4, 0.5) is 8.78 Å². The van der Waals surface area contributed by atoms with Crippen LogP contribution in [0.5, 0.6) is 0 Å². The van der Waals surface area contributed by atoms with Gasteiger partial charge in [-0.05, 0) is 24.7 Å². The predicted octanol–water partition coefficient (Wildman–Crippen LogP) is 1.22. The van der Waals surface area contributed by atoms with Gasteiger partial charge in [-0.25, -0.2) is 8.78 Å². The molecule has 1 atom stereocenters. The van der Waals surface area contributed by atoms with Crippen molar-refractivity contribution in [2.45, 2.75) is 6.10 Å². The first kappa shape index (κ1) is 10.1. The molecule has 0 aliphatic rings. The van der Waals surface area contributed by atoms with Gasteiger partial charge in [0.2, 0.25) is 0 Å². The van der Waals surface area contributed by atoms with Crippen molar-refractivity contribution in [2.75, 3.05) is 13.6 Å². The number of benzene rings is 1. The standard InChI is InChI=1S/C9H11F2NO/c1-12-5-9(13)6-2-3-7(10)8(11)4-6/h2-4,9,12-13H,5H2,1H3. The number of hydrogen-bond donors (Lipinski definition) is 2. The van der Waals surface area contributed by atoms with Gasteiger partial charge in [0.05, 0.1) is 6.10 Å². The van der Waals surface area contributed by atoms with E-state index in [0.717, 1.165) is 12.1 Å². The second-order valence-corrected chi connectivity index (χ2v) is 2.75. The number of aliphatic hydroxyl groups is 1.